The van der Waals surface area contributed by atoms with Crippen LogP contribution >= 0.6 is 23.1 Å². The zero-order valence-corrected chi connectivity index (χ0v) is 13.3. The van der Waals surface area contributed by atoms with Crippen LogP contribution in [-0.4, -0.2) is 19.7 Å². The number of thiophene rings is 1. The SMILES string of the molecule is CCCc1noc(CSc2nc3ccsc3c(=O)n2C)n1. The lowest BCUT2D eigenvalue weighted by Gasteiger charge is -2.05. The van der Waals surface area contributed by atoms with Crippen LogP contribution < -0.4 is 5.56 Å². The normalized spacial score (nSPS) is 11.3. The van der Waals surface area contributed by atoms with Crippen LogP contribution in [-0.2, 0) is 19.2 Å². The molecule has 0 unspecified atom stereocenters. The van der Waals surface area contributed by atoms with E-state index in [4.69, 9.17) is 4.52 Å². The molecule has 3 rings (SSSR count). The number of hydrogen-bond donors (Lipinski definition) is 0. The second-order valence-corrected chi connectivity index (χ2v) is 6.40. The molecule has 0 aliphatic rings. The number of aryl methyl sites for hydroxylation is 1. The Morgan fingerprint density at radius 1 is 1.43 bits per heavy atom. The third-order valence-corrected chi connectivity index (χ3v) is 4.86. The first-order valence-electron chi connectivity index (χ1n) is 6.57. The van der Waals surface area contributed by atoms with E-state index in [0.717, 1.165) is 24.2 Å². The lowest BCUT2D eigenvalue weighted by atomic mass is 10.3. The van der Waals surface area contributed by atoms with E-state index in [9.17, 15) is 4.79 Å². The summed E-state index contributed by atoms with van der Waals surface area (Å²) in [6, 6.07) is 1.86. The lowest BCUT2D eigenvalue weighted by Crippen LogP contribution is -2.18. The van der Waals surface area contributed by atoms with Gasteiger partial charge in [0.05, 0.1) is 11.3 Å². The van der Waals surface area contributed by atoms with Crippen LogP contribution in [0.2, 0.25) is 0 Å². The van der Waals surface area contributed by atoms with Gasteiger partial charge in [0, 0.05) is 13.5 Å². The quantitative estimate of drug-likeness (QED) is 0.531. The highest BCUT2D eigenvalue weighted by molar-refractivity contribution is 7.98. The maximum Gasteiger partial charge on any atom is 0.271 e. The Kier molecular flexibility index (Phi) is 4.07. The third kappa shape index (κ3) is 2.86. The Morgan fingerprint density at radius 2 is 2.29 bits per heavy atom. The minimum absolute atomic E-state index is 0.0188. The summed E-state index contributed by atoms with van der Waals surface area (Å²) in [5.41, 5.74) is 0.720. The molecule has 8 heteroatoms. The van der Waals surface area contributed by atoms with Crippen LogP contribution in [0.15, 0.2) is 25.9 Å². The summed E-state index contributed by atoms with van der Waals surface area (Å²) < 4.78 is 7.43. The topological polar surface area (TPSA) is 73.8 Å². The van der Waals surface area contributed by atoms with Gasteiger partial charge in [-0.15, -0.1) is 11.3 Å². The van der Waals surface area contributed by atoms with Crippen LogP contribution in [0.5, 0.6) is 0 Å². The smallest absolute Gasteiger partial charge is 0.271 e. The Bertz CT molecular complexity index is 821. The van der Waals surface area contributed by atoms with Gasteiger partial charge in [-0.25, -0.2) is 4.98 Å². The van der Waals surface area contributed by atoms with Gasteiger partial charge in [0.15, 0.2) is 11.0 Å². The van der Waals surface area contributed by atoms with Gasteiger partial charge in [0.25, 0.3) is 5.56 Å². The predicted molar refractivity (Wildman–Crippen MR) is 82.7 cm³/mol. The molecule has 3 aromatic heterocycles. The molecule has 6 nitrogen and oxygen atoms in total. The molecule has 0 atom stereocenters. The van der Waals surface area contributed by atoms with Crippen molar-refractivity contribution in [3.63, 3.8) is 0 Å². The molecule has 0 amide bonds. The highest BCUT2D eigenvalue weighted by Crippen LogP contribution is 2.22. The zero-order chi connectivity index (χ0) is 14.8. The Morgan fingerprint density at radius 3 is 3.10 bits per heavy atom. The van der Waals surface area contributed by atoms with Crippen LogP contribution in [0.25, 0.3) is 10.2 Å². The summed E-state index contributed by atoms with van der Waals surface area (Å²) >= 11 is 2.84. The van der Waals surface area contributed by atoms with Crippen molar-refractivity contribution in [3.05, 3.63) is 33.5 Å². The highest BCUT2D eigenvalue weighted by Gasteiger charge is 2.12. The molecule has 0 spiro atoms. The predicted octanol–water partition coefficient (Wildman–Crippen LogP) is 2.62. The van der Waals surface area contributed by atoms with Gasteiger partial charge >= 0.3 is 0 Å². The minimum Gasteiger partial charge on any atom is -0.338 e. The van der Waals surface area contributed by atoms with Crippen molar-refractivity contribution < 1.29 is 4.52 Å². The van der Waals surface area contributed by atoms with Gasteiger partial charge in [-0.2, -0.15) is 4.98 Å². The maximum absolute atomic E-state index is 12.2. The zero-order valence-electron chi connectivity index (χ0n) is 11.7. The van der Waals surface area contributed by atoms with Gasteiger partial charge in [0.2, 0.25) is 5.89 Å². The lowest BCUT2D eigenvalue weighted by molar-refractivity contribution is 0.384. The number of nitrogens with zero attached hydrogens (tertiary/aromatic N) is 4. The molecule has 21 heavy (non-hydrogen) atoms. The fourth-order valence-electron chi connectivity index (χ4n) is 1.90. The van der Waals surface area contributed by atoms with Crippen LogP contribution in [0.4, 0.5) is 0 Å². The summed E-state index contributed by atoms with van der Waals surface area (Å²) in [5, 5.41) is 6.44. The molecule has 0 bridgehead atoms. The first-order valence-corrected chi connectivity index (χ1v) is 8.44. The molecule has 0 N–H and O–H groups in total. The van der Waals surface area contributed by atoms with E-state index in [1.807, 2.05) is 11.4 Å². The monoisotopic (exact) mass is 322 g/mol. The van der Waals surface area contributed by atoms with Gasteiger partial charge < -0.3 is 4.52 Å². The van der Waals surface area contributed by atoms with Gasteiger partial charge in [-0.05, 0) is 17.9 Å². The van der Waals surface area contributed by atoms with Gasteiger partial charge in [-0.3, -0.25) is 9.36 Å². The van der Waals surface area contributed by atoms with E-state index in [1.165, 1.54) is 23.1 Å². The Labute approximate surface area is 129 Å². The van der Waals surface area contributed by atoms with Crippen molar-refractivity contribution in [3.8, 4) is 0 Å². The fraction of sp³-hybridized carbons (Fsp3) is 0.385. The minimum atomic E-state index is -0.0188. The third-order valence-electron chi connectivity index (χ3n) is 2.95. The van der Waals surface area contributed by atoms with E-state index in [0.29, 0.717) is 21.5 Å². The average molecular weight is 322 g/mol. The van der Waals surface area contributed by atoms with Crippen molar-refractivity contribution in [1.82, 2.24) is 19.7 Å². The van der Waals surface area contributed by atoms with Crippen molar-refractivity contribution in [2.75, 3.05) is 0 Å². The molecule has 0 saturated heterocycles. The summed E-state index contributed by atoms with van der Waals surface area (Å²) in [7, 11) is 1.73. The molecule has 110 valence electrons. The standard InChI is InChI=1S/C13H14N4O2S2/c1-3-4-9-15-10(19-16-9)7-21-13-14-8-5-6-20-11(8)12(18)17(13)2/h5-6H,3-4,7H2,1-2H3. The second kappa shape index (κ2) is 5.98. The van der Waals surface area contributed by atoms with E-state index >= 15 is 0 Å². The summed E-state index contributed by atoms with van der Waals surface area (Å²) in [4.78, 5) is 21.0. The van der Waals surface area contributed by atoms with Gasteiger partial charge in [-0.1, -0.05) is 23.8 Å². The molecule has 0 radical (unpaired) electrons. The second-order valence-electron chi connectivity index (χ2n) is 4.54. The molecular formula is C13H14N4O2S2. The van der Waals surface area contributed by atoms with E-state index < -0.39 is 0 Å². The maximum atomic E-state index is 12.2. The molecule has 3 aromatic rings. The number of thioether (sulfide) groups is 1. The van der Waals surface area contributed by atoms with Crippen LogP contribution in [0.3, 0.4) is 0 Å². The molecule has 0 saturated carbocycles. The van der Waals surface area contributed by atoms with E-state index in [-0.39, 0.29) is 5.56 Å². The molecule has 3 heterocycles. The van der Waals surface area contributed by atoms with Crippen molar-refractivity contribution in [2.24, 2.45) is 7.05 Å². The Hall–Kier alpha value is -1.67. The van der Waals surface area contributed by atoms with Crippen LogP contribution in [0, 0.1) is 0 Å². The highest BCUT2D eigenvalue weighted by atomic mass is 32.2. The van der Waals surface area contributed by atoms with E-state index in [2.05, 4.69) is 22.0 Å². The summed E-state index contributed by atoms with van der Waals surface area (Å²) in [5.74, 6) is 1.79. The van der Waals surface area contributed by atoms with Gasteiger partial charge in [0.1, 0.15) is 4.70 Å². The number of rotatable bonds is 5. The number of hydrogen-bond acceptors (Lipinski definition) is 7. The van der Waals surface area contributed by atoms with E-state index in [1.54, 1.807) is 11.6 Å². The molecule has 0 aromatic carbocycles. The molecule has 0 fully saturated rings. The summed E-state index contributed by atoms with van der Waals surface area (Å²) in [6.45, 7) is 2.07. The molecular weight excluding hydrogens is 308 g/mol. The number of aromatic nitrogens is 4. The van der Waals surface area contributed by atoms with Crippen LogP contribution in [0.1, 0.15) is 25.1 Å². The molecule has 0 aliphatic carbocycles. The molecule has 0 aliphatic heterocycles. The largest absolute Gasteiger partial charge is 0.338 e. The van der Waals surface area contributed by atoms with Crippen molar-refractivity contribution in [1.29, 1.82) is 0 Å². The average Bonchev–Trinajstić information content (AvgIpc) is 3.11. The first kappa shape index (κ1) is 14.3. The number of fused-ring (bicyclic) bond motifs is 1. The van der Waals surface area contributed by atoms with Crippen molar-refractivity contribution in [2.45, 2.75) is 30.7 Å². The Balaban J connectivity index is 1.81. The first-order chi connectivity index (χ1) is 10.2. The summed E-state index contributed by atoms with van der Waals surface area (Å²) in [6.07, 6.45) is 1.79. The fourth-order valence-corrected chi connectivity index (χ4v) is 3.51. The van der Waals surface area contributed by atoms with Crippen molar-refractivity contribution >= 4 is 33.3 Å².